The first-order valence-electron chi connectivity index (χ1n) is 5.60. The van der Waals surface area contributed by atoms with E-state index in [0.717, 1.165) is 24.4 Å². The van der Waals surface area contributed by atoms with Gasteiger partial charge in [-0.2, -0.15) is 13.2 Å². The van der Waals surface area contributed by atoms with Crippen LogP contribution in [-0.4, -0.2) is 16.0 Å². The van der Waals surface area contributed by atoms with Crippen molar-refractivity contribution in [2.45, 2.75) is 6.18 Å². The third-order valence-corrected chi connectivity index (χ3v) is 2.52. The fourth-order valence-corrected chi connectivity index (χ4v) is 1.48. The van der Waals surface area contributed by atoms with E-state index in [-0.39, 0.29) is 11.3 Å². The number of aromatic hydroxyl groups is 1. The Morgan fingerprint density at radius 2 is 1.90 bits per heavy atom. The first-order chi connectivity index (χ1) is 9.77. The highest BCUT2D eigenvalue weighted by atomic mass is 19.4. The Labute approximate surface area is 116 Å². The number of phenols is 1. The van der Waals surface area contributed by atoms with Gasteiger partial charge in [-0.05, 0) is 24.3 Å². The van der Waals surface area contributed by atoms with E-state index in [1.54, 1.807) is 0 Å². The molecule has 8 heteroatoms. The summed E-state index contributed by atoms with van der Waals surface area (Å²) in [4.78, 5) is 14.9. The van der Waals surface area contributed by atoms with Gasteiger partial charge in [-0.25, -0.2) is 4.39 Å². The number of hydrogen-bond acceptors (Lipinski definition) is 3. The molecule has 0 radical (unpaired) electrons. The van der Waals surface area contributed by atoms with Crippen LogP contribution in [0.5, 0.6) is 5.75 Å². The number of carbonyl (C=O) groups is 1. The minimum atomic E-state index is -4.59. The van der Waals surface area contributed by atoms with Crippen molar-refractivity contribution in [3.63, 3.8) is 0 Å². The monoisotopic (exact) mass is 300 g/mol. The van der Waals surface area contributed by atoms with Gasteiger partial charge in [0.2, 0.25) is 0 Å². The van der Waals surface area contributed by atoms with Crippen LogP contribution in [0.1, 0.15) is 16.1 Å². The Balaban J connectivity index is 2.15. The predicted octanol–water partition coefficient (Wildman–Crippen LogP) is 3.20. The van der Waals surface area contributed by atoms with E-state index in [0.29, 0.717) is 6.07 Å². The molecule has 1 heterocycles. The second kappa shape index (κ2) is 5.39. The highest BCUT2D eigenvalue weighted by Crippen LogP contribution is 2.27. The van der Waals surface area contributed by atoms with Crippen LogP contribution >= 0.6 is 0 Å². The number of amides is 1. The van der Waals surface area contributed by atoms with E-state index in [9.17, 15) is 22.4 Å². The maximum absolute atomic E-state index is 13.1. The lowest BCUT2D eigenvalue weighted by atomic mass is 10.2. The number of alkyl halides is 3. The first kappa shape index (κ1) is 14.8. The molecule has 1 aromatic carbocycles. The molecule has 2 N–H and O–H groups in total. The number of carbonyl (C=O) groups excluding carboxylic acids is 1. The standard InChI is InChI=1S/C13H8F4N2O2/c14-9-5-8(2-3-10(9)20)19-12(21)7-1-4-11(18-6-7)13(15,16)17/h1-6,20H,(H,19,21). The second-order valence-electron chi connectivity index (χ2n) is 4.05. The summed E-state index contributed by atoms with van der Waals surface area (Å²) >= 11 is 0. The normalized spacial score (nSPS) is 11.2. The predicted molar refractivity (Wildman–Crippen MR) is 65.3 cm³/mol. The van der Waals surface area contributed by atoms with Crippen LogP contribution in [0, 0.1) is 5.82 Å². The number of anilines is 1. The van der Waals surface area contributed by atoms with Gasteiger partial charge in [0.15, 0.2) is 11.6 Å². The molecule has 2 rings (SSSR count). The van der Waals surface area contributed by atoms with Gasteiger partial charge < -0.3 is 10.4 Å². The number of benzene rings is 1. The molecule has 2 aromatic rings. The lowest BCUT2D eigenvalue weighted by molar-refractivity contribution is -0.141. The van der Waals surface area contributed by atoms with Crippen molar-refractivity contribution in [1.82, 2.24) is 4.98 Å². The van der Waals surface area contributed by atoms with Gasteiger partial charge in [0.05, 0.1) is 5.56 Å². The molecule has 0 aliphatic heterocycles. The van der Waals surface area contributed by atoms with Crippen LogP contribution in [0.3, 0.4) is 0 Å². The van der Waals surface area contributed by atoms with Crippen molar-refractivity contribution in [2.75, 3.05) is 5.32 Å². The van der Waals surface area contributed by atoms with Crippen molar-refractivity contribution >= 4 is 11.6 Å². The number of phenolic OH excluding ortho intramolecular Hbond substituents is 1. The minimum Gasteiger partial charge on any atom is -0.505 e. The third kappa shape index (κ3) is 3.47. The number of pyridine rings is 1. The molecule has 0 unspecified atom stereocenters. The van der Waals surface area contributed by atoms with Crippen LogP contribution in [-0.2, 0) is 6.18 Å². The van der Waals surface area contributed by atoms with E-state index < -0.39 is 29.3 Å². The summed E-state index contributed by atoms with van der Waals surface area (Å²) in [5.41, 5.74) is -1.18. The molecule has 1 amide bonds. The summed E-state index contributed by atoms with van der Waals surface area (Å²) in [7, 11) is 0. The van der Waals surface area contributed by atoms with Gasteiger partial charge in [0.1, 0.15) is 5.69 Å². The van der Waals surface area contributed by atoms with Crippen LogP contribution in [0.15, 0.2) is 36.5 Å². The summed E-state index contributed by atoms with van der Waals surface area (Å²) < 4.78 is 50.0. The quantitative estimate of drug-likeness (QED) is 0.661. The zero-order valence-electron chi connectivity index (χ0n) is 10.3. The molecular weight excluding hydrogens is 292 g/mol. The van der Waals surface area contributed by atoms with E-state index in [1.807, 2.05) is 0 Å². The van der Waals surface area contributed by atoms with Crippen molar-refractivity contribution in [2.24, 2.45) is 0 Å². The van der Waals surface area contributed by atoms with Gasteiger partial charge in [-0.15, -0.1) is 0 Å². The minimum absolute atomic E-state index is 0.0511. The van der Waals surface area contributed by atoms with Gasteiger partial charge in [0, 0.05) is 18.0 Å². The number of nitrogens with one attached hydrogen (secondary N) is 1. The summed E-state index contributed by atoms with van der Waals surface area (Å²) in [6, 6.07) is 4.79. The van der Waals surface area contributed by atoms with Crippen molar-refractivity contribution < 1.29 is 27.5 Å². The molecule has 0 atom stereocenters. The summed E-state index contributed by atoms with van der Waals surface area (Å²) in [6.45, 7) is 0. The lowest BCUT2D eigenvalue weighted by Crippen LogP contribution is -2.14. The van der Waals surface area contributed by atoms with Crippen LogP contribution in [0.2, 0.25) is 0 Å². The molecule has 21 heavy (non-hydrogen) atoms. The Hall–Kier alpha value is -2.64. The largest absolute Gasteiger partial charge is 0.505 e. The molecule has 0 aliphatic carbocycles. The number of halogens is 4. The maximum atomic E-state index is 13.1. The number of rotatable bonds is 2. The molecule has 0 bridgehead atoms. The Morgan fingerprint density at radius 1 is 1.19 bits per heavy atom. The molecule has 1 aromatic heterocycles. The average molecular weight is 300 g/mol. The molecule has 0 aliphatic rings. The van der Waals surface area contributed by atoms with Crippen molar-refractivity contribution in [1.29, 1.82) is 0 Å². The van der Waals surface area contributed by atoms with Crippen LogP contribution in [0.4, 0.5) is 23.2 Å². The topological polar surface area (TPSA) is 62.2 Å². The zero-order chi connectivity index (χ0) is 15.6. The van der Waals surface area contributed by atoms with E-state index in [1.165, 1.54) is 6.07 Å². The van der Waals surface area contributed by atoms with Gasteiger partial charge in [0.25, 0.3) is 5.91 Å². The van der Waals surface area contributed by atoms with Gasteiger partial charge in [-0.1, -0.05) is 0 Å². The molecule has 0 spiro atoms. The summed E-state index contributed by atoms with van der Waals surface area (Å²) in [5, 5.41) is 11.3. The molecule has 110 valence electrons. The third-order valence-electron chi connectivity index (χ3n) is 2.52. The van der Waals surface area contributed by atoms with Crippen molar-refractivity contribution in [3.8, 4) is 5.75 Å². The Morgan fingerprint density at radius 3 is 2.43 bits per heavy atom. The van der Waals surface area contributed by atoms with Crippen molar-refractivity contribution in [3.05, 3.63) is 53.6 Å². The Kier molecular flexibility index (Phi) is 3.79. The molecule has 4 nitrogen and oxygen atoms in total. The molecular formula is C13H8F4N2O2. The molecule has 0 saturated heterocycles. The highest BCUT2D eigenvalue weighted by molar-refractivity contribution is 6.04. The highest BCUT2D eigenvalue weighted by Gasteiger charge is 2.32. The fraction of sp³-hybridized carbons (Fsp3) is 0.0769. The smallest absolute Gasteiger partial charge is 0.433 e. The van der Waals surface area contributed by atoms with Crippen LogP contribution in [0.25, 0.3) is 0 Å². The first-order valence-corrected chi connectivity index (χ1v) is 5.60. The molecule has 0 fully saturated rings. The average Bonchev–Trinajstić information content (AvgIpc) is 2.42. The SMILES string of the molecule is O=C(Nc1ccc(O)c(F)c1)c1ccc(C(F)(F)F)nc1. The maximum Gasteiger partial charge on any atom is 0.433 e. The molecule has 0 saturated carbocycles. The van der Waals surface area contributed by atoms with E-state index in [4.69, 9.17) is 5.11 Å². The van der Waals surface area contributed by atoms with E-state index in [2.05, 4.69) is 10.3 Å². The lowest BCUT2D eigenvalue weighted by Gasteiger charge is -2.08. The van der Waals surface area contributed by atoms with Gasteiger partial charge >= 0.3 is 6.18 Å². The summed E-state index contributed by atoms with van der Waals surface area (Å²) in [5.74, 6) is -2.26. The summed E-state index contributed by atoms with van der Waals surface area (Å²) in [6.07, 6.45) is -3.82. The number of hydrogen-bond donors (Lipinski definition) is 2. The number of nitrogens with zero attached hydrogens (tertiary/aromatic N) is 1. The van der Waals surface area contributed by atoms with Gasteiger partial charge in [-0.3, -0.25) is 9.78 Å². The van der Waals surface area contributed by atoms with Crippen LogP contribution < -0.4 is 5.32 Å². The number of aromatic nitrogens is 1. The Bertz CT molecular complexity index is 669. The van der Waals surface area contributed by atoms with E-state index >= 15 is 0 Å². The zero-order valence-corrected chi connectivity index (χ0v) is 10.3. The fourth-order valence-electron chi connectivity index (χ4n) is 1.48. The second-order valence-corrected chi connectivity index (χ2v) is 4.05.